The average molecular weight is 681 g/mol. The van der Waals surface area contributed by atoms with Crippen LogP contribution in [0.1, 0.15) is 46.9 Å². The minimum absolute atomic E-state index is 0.0676. The first-order valence-electron chi connectivity index (χ1n) is 13.0. The van der Waals surface area contributed by atoms with Gasteiger partial charge in [0.15, 0.2) is 0 Å². The van der Waals surface area contributed by atoms with Gasteiger partial charge < -0.3 is 58.2 Å². The number of nitrogens with zero attached hydrogens (tertiary/aromatic N) is 4. The van der Waals surface area contributed by atoms with Crippen molar-refractivity contribution < 1.29 is 51.1 Å². The number of amides is 5. The summed E-state index contributed by atoms with van der Waals surface area (Å²) in [6, 6.07) is 12.6. The number of carbonyl (C=O) groups is 6. The number of carbonyl (C=O) groups excluding carboxylic acids is 6. The van der Waals surface area contributed by atoms with Gasteiger partial charge in [0, 0.05) is 48.6 Å². The Labute approximate surface area is 259 Å². The van der Waals surface area contributed by atoms with E-state index in [-0.39, 0.29) is 23.4 Å². The van der Waals surface area contributed by atoms with E-state index < -0.39 is 43.3 Å². The van der Waals surface area contributed by atoms with Crippen molar-refractivity contribution in [2.75, 3.05) is 38.5 Å². The van der Waals surface area contributed by atoms with Gasteiger partial charge in [-0.3, -0.25) is 14.4 Å². The molecule has 15 heteroatoms. The van der Waals surface area contributed by atoms with Crippen LogP contribution < -0.4 is 10.6 Å². The molecule has 0 spiro atoms. The number of aromatic nitrogens is 1. The summed E-state index contributed by atoms with van der Waals surface area (Å²) in [4.78, 5) is 71.4. The average Bonchev–Trinajstić information content (AvgIpc) is 3.63. The standard InChI is InChI=1S/C27H34N6O6S.O.Tc/c34-22(14-30-23(35)15-31-24(36)16-32-25(37)17-40)28-11-4-5-12-29-27(39)19-10-13-33-20(19)8-9-21(33)26(38)18-6-2-1-3-7-18;;/h1-3,6-9,19H,4-5,10-17H2,(H6,28,29,30,31,32,34,35,36,37,39,40);;/q;;+4/p-4. The van der Waals surface area contributed by atoms with Crippen LogP contribution in [0.15, 0.2) is 42.5 Å². The van der Waals surface area contributed by atoms with Gasteiger partial charge in [0.2, 0.25) is 17.6 Å². The summed E-state index contributed by atoms with van der Waals surface area (Å²) in [6.07, 6.45) is 1.86. The number of nitrogens with one attached hydrogen (secondary N) is 2. The molecule has 0 radical (unpaired) electrons. The fourth-order valence-electron chi connectivity index (χ4n) is 4.13. The maximum absolute atomic E-state index is 12.8. The fraction of sp³-hybridized carbons (Fsp3) is 0.407. The monoisotopic (exact) mass is 679 g/mol. The molecule has 0 fully saturated rings. The molecular formula is C27H30N6O7STc. The predicted molar refractivity (Wildman–Crippen MR) is 150 cm³/mol. The van der Waals surface area contributed by atoms with Crippen molar-refractivity contribution in [2.24, 2.45) is 0 Å². The molecule has 13 nitrogen and oxygen atoms in total. The number of ketones is 1. The molecule has 42 heavy (non-hydrogen) atoms. The number of rotatable bonds is 15. The molecule has 1 aromatic heterocycles. The van der Waals surface area contributed by atoms with Gasteiger partial charge in [-0.15, -0.1) is 5.75 Å². The van der Waals surface area contributed by atoms with E-state index in [0.29, 0.717) is 50.2 Å². The summed E-state index contributed by atoms with van der Waals surface area (Å²) in [7, 11) is 0. The molecule has 223 valence electrons. The summed E-state index contributed by atoms with van der Waals surface area (Å²) in [5.74, 6) is -3.27. The van der Waals surface area contributed by atoms with E-state index in [1.807, 2.05) is 28.8 Å². The zero-order valence-corrected chi connectivity index (χ0v) is 25.3. The van der Waals surface area contributed by atoms with Crippen LogP contribution in [0.4, 0.5) is 0 Å². The van der Waals surface area contributed by atoms with E-state index in [1.165, 1.54) is 0 Å². The zero-order chi connectivity index (χ0) is 30.9. The van der Waals surface area contributed by atoms with E-state index in [1.54, 1.807) is 18.2 Å². The number of hydrogen-bond acceptors (Lipinski definition) is 8. The molecular weight excluding hydrogens is 650 g/mol. The normalized spacial score (nSPS) is 13.1. The Kier molecular flexibility index (Phi) is 15.4. The third kappa shape index (κ3) is 11.0. The fourth-order valence-corrected chi connectivity index (χ4v) is 4.22. The van der Waals surface area contributed by atoms with Gasteiger partial charge in [-0.05, 0) is 37.9 Å². The molecule has 0 saturated carbocycles. The van der Waals surface area contributed by atoms with Crippen LogP contribution in [0, 0.1) is 0 Å². The summed E-state index contributed by atoms with van der Waals surface area (Å²) in [5.41, 5.74) is 2.02. The molecule has 1 unspecified atom stereocenters. The number of unbranched alkanes of at least 4 members (excludes halogenated alkanes) is 1. The van der Waals surface area contributed by atoms with E-state index >= 15 is 0 Å². The van der Waals surface area contributed by atoms with E-state index in [4.69, 9.17) is 3.50 Å². The summed E-state index contributed by atoms with van der Waals surface area (Å²) < 4.78 is 10.1. The quantitative estimate of drug-likeness (QED) is 0.160. The Bertz CT molecular complexity index is 1260. The van der Waals surface area contributed by atoms with Crippen molar-refractivity contribution in [2.45, 2.75) is 31.7 Å². The number of hydrogen-bond donors (Lipinski definition) is 2. The summed E-state index contributed by atoms with van der Waals surface area (Å²) in [6.45, 7) is -0.0194. The molecule has 0 aliphatic carbocycles. The molecule has 3 rings (SSSR count). The van der Waals surface area contributed by atoms with Crippen molar-refractivity contribution >= 4 is 47.9 Å². The van der Waals surface area contributed by atoms with Crippen LogP contribution in [-0.2, 0) is 65.5 Å². The Morgan fingerprint density at radius 1 is 0.810 bits per heavy atom. The van der Waals surface area contributed by atoms with Crippen LogP contribution in [0.2, 0.25) is 0 Å². The number of benzene rings is 1. The Hall–Kier alpha value is -3.68. The summed E-state index contributed by atoms with van der Waals surface area (Å²) >= 11 is 5.39. The zero-order valence-electron chi connectivity index (χ0n) is 22.6. The first kappa shape index (κ1) is 34.5. The van der Waals surface area contributed by atoms with E-state index in [0.717, 1.165) is 24.5 Å². The van der Waals surface area contributed by atoms with Crippen LogP contribution in [0.3, 0.4) is 0 Å². The first-order valence-corrected chi connectivity index (χ1v) is 14.3. The van der Waals surface area contributed by atoms with Gasteiger partial charge in [-0.25, -0.2) is 0 Å². The SMILES string of the molecule is O=C(C[S-])[N-]CC(=O)[N-]CC(=O)[N-]CC(=O)NCCCCNC(=O)C1CCn2c(C(=O)c3ccccc3)ccc21.[O]=[Tc+4]. The molecule has 2 N–H and O–H groups in total. The Morgan fingerprint density at radius 2 is 1.40 bits per heavy atom. The Balaban J connectivity index is 0.00000301. The first-order chi connectivity index (χ1) is 20.3. The molecule has 2 aromatic rings. The minimum atomic E-state index is -0.748. The van der Waals surface area contributed by atoms with Gasteiger partial charge in [-0.1, -0.05) is 43.4 Å². The maximum atomic E-state index is 12.8. The van der Waals surface area contributed by atoms with Crippen LogP contribution in [0.5, 0.6) is 0 Å². The molecule has 5 amide bonds. The summed E-state index contributed by atoms with van der Waals surface area (Å²) in [5, 5.41) is 15.9. The molecule has 1 aliphatic rings. The second-order valence-electron chi connectivity index (χ2n) is 8.95. The molecule has 0 bridgehead atoms. The van der Waals surface area contributed by atoms with Gasteiger partial charge in [0.25, 0.3) is 0 Å². The van der Waals surface area contributed by atoms with Crippen LogP contribution >= 0.6 is 0 Å². The van der Waals surface area contributed by atoms with Crippen LogP contribution in [-0.4, -0.2) is 78.4 Å². The second-order valence-corrected chi connectivity index (χ2v) is 9.24. The molecule has 0 saturated heterocycles. The molecule has 1 aliphatic heterocycles. The number of fused-ring (bicyclic) bond motifs is 1. The van der Waals surface area contributed by atoms with Crippen molar-refractivity contribution in [1.82, 2.24) is 15.2 Å². The van der Waals surface area contributed by atoms with Crippen molar-refractivity contribution in [3.8, 4) is 0 Å². The molecule has 1 aromatic carbocycles. The van der Waals surface area contributed by atoms with Gasteiger partial charge in [0.1, 0.15) is 0 Å². The van der Waals surface area contributed by atoms with Gasteiger partial charge in [-0.2, -0.15) is 0 Å². The van der Waals surface area contributed by atoms with E-state index in [2.05, 4.69) is 39.2 Å². The van der Waals surface area contributed by atoms with Crippen molar-refractivity contribution in [3.63, 3.8) is 0 Å². The van der Waals surface area contributed by atoms with Gasteiger partial charge >= 0.3 is 22.4 Å². The van der Waals surface area contributed by atoms with Crippen molar-refractivity contribution in [1.29, 1.82) is 0 Å². The molecule has 2 heterocycles. The molecule has 1 atom stereocenters. The van der Waals surface area contributed by atoms with Gasteiger partial charge in [0.05, 0.1) is 11.6 Å². The topological polar surface area (TPSA) is 191 Å². The predicted octanol–water partition coefficient (Wildman–Crippen LogP) is 1.35. The van der Waals surface area contributed by atoms with Crippen molar-refractivity contribution in [3.05, 3.63) is 75.4 Å². The second kappa shape index (κ2) is 18.7. The Morgan fingerprint density at radius 3 is 2.05 bits per heavy atom. The third-order valence-electron chi connectivity index (χ3n) is 6.13. The van der Waals surface area contributed by atoms with Crippen LogP contribution in [0.25, 0.3) is 16.0 Å². The van der Waals surface area contributed by atoms with E-state index in [9.17, 15) is 28.8 Å². The third-order valence-corrected chi connectivity index (χ3v) is 6.37.